The average molecular weight is 244 g/mol. The molecular weight excluding hydrogens is 224 g/mol. The fraction of sp³-hybridized carbons (Fsp3) is 0.400. The van der Waals surface area contributed by atoms with Crippen LogP contribution in [-0.4, -0.2) is 42.8 Å². The summed E-state index contributed by atoms with van der Waals surface area (Å²) in [5, 5.41) is 0. The van der Waals surface area contributed by atoms with Gasteiger partial charge in [0.2, 0.25) is 0 Å². The maximum atomic E-state index is 12.0. The Bertz CT molecular complexity index is 437. The third kappa shape index (κ3) is 3.44. The van der Waals surface area contributed by atoms with Gasteiger partial charge in [0.1, 0.15) is 0 Å². The van der Waals surface area contributed by atoms with Crippen molar-refractivity contribution in [2.24, 2.45) is 0 Å². The predicted octanol–water partition coefficient (Wildman–Crippen LogP) is 1.91. The lowest BCUT2D eigenvalue weighted by Crippen LogP contribution is -2.36. The third-order valence-corrected chi connectivity index (χ3v) is 3.09. The minimum absolute atomic E-state index is 0.255. The number of ketones is 1. The van der Waals surface area contributed by atoms with E-state index in [4.69, 9.17) is 0 Å². The van der Waals surface area contributed by atoms with Crippen LogP contribution in [0.1, 0.15) is 12.0 Å². The fourth-order valence-electron chi connectivity index (χ4n) is 2.23. The number of hydrogen-bond acceptors (Lipinski definition) is 3. The van der Waals surface area contributed by atoms with Crippen LogP contribution >= 0.6 is 0 Å². The second kappa shape index (κ2) is 5.83. The Balaban J connectivity index is 1.95. The van der Waals surface area contributed by atoms with E-state index in [-0.39, 0.29) is 5.78 Å². The van der Waals surface area contributed by atoms with E-state index in [0.29, 0.717) is 6.54 Å². The highest BCUT2D eigenvalue weighted by Crippen LogP contribution is 2.15. The van der Waals surface area contributed by atoms with Crippen LogP contribution in [0.15, 0.2) is 42.1 Å². The summed E-state index contributed by atoms with van der Waals surface area (Å²) < 4.78 is 0. The maximum absolute atomic E-state index is 12.0. The summed E-state index contributed by atoms with van der Waals surface area (Å²) in [5.41, 5.74) is 2.22. The number of carbonyl (C=O) groups is 1. The molecular formula is C15H20N2O. The molecule has 2 rings (SSSR count). The van der Waals surface area contributed by atoms with E-state index in [0.717, 1.165) is 25.1 Å². The van der Waals surface area contributed by atoms with Crippen LogP contribution in [0.4, 0.5) is 0 Å². The normalized spacial score (nSPS) is 19.2. The Morgan fingerprint density at radius 1 is 1.28 bits per heavy atom. The van der Waals surface area contributed by atoms with Gasteiger partial charge in [-0.15, -0.1) is 0 Å². The first-order valence-electron chi connectivity index (χ1n) is 6.32. The van der Waals surface area contributed by atoms with E-state index in [9.17, 15) is 4.79 Å². The van der Waals surface area contributed by atoms with E-state index in [2.05, 4.69) is 17.0 Å². The second-order valence-corrected chi connectivity index (χ2v) is 4.99. The molecule has 3 heteroatoms. The molecule has 1 fully saturated rings. The Labute approximate surface area is 109 Å². The molecule has 96 valence electrons. The Kier molecular flexibility index (Phi) is 4.15. The first-order valence-corrected chi connectivity index (χ1v) is 6.32. The van der Waals surface area contributed by atoms with Crippen LogP contribution in [0.2, 0.25) is 0 Å². The molecule has 0 spiro atoms. The topological polar surface area (TPSA) is 23.6 Å². The number of benzene rings is 1. The van der Waals surface area contributed by atoms with Crippen LogP contribution in [0, 0.1) is 0 Å². The number of nitrogens with zero attached hydrogens (tertiary/aromatic N) is 2. The lowest BCUT2D eigenvalue weighted by Gasteiger charge is -2.27. The monoisotopic (exact) mass is 244 g/mol. The van der Waals surface area contributed by atoms with Crippen LogP contribution < -0.4 is 0 Å². The summed E-state index contributed by atoms with van der Waals surface area (Å²) >= 11 is 0. The van der Waals surface area contributed by atoms with Gasteiger partial charge in [-0.05, 0) is 12.0 Å². The predicted molar refractivity (Wildman–Crippen MR) is 73.1 cm³/mol. The molecule has 1 aliphatic rings. The minimum atomic E-state index is 0.255. The summed E-state index contributed by atoms with van der Waals surface area (Å²) in [6, 6.07) is 10.3. The van der Waals surface area contributed by atoms with Gasteiger partial charge in [0.05, 0.1) is 6.54 Å². The molecule has 0 atom stereocenters. The van der Waals surface area contributed by atoms with E-state index >= 15 is 0 Å². The minimum Gasteiger partial charge on any atom is -0.383 e. The lowest BCUT2D eigenvalue weighted by atomic mass is 10.0. The Morgan fingerprint density at radius 2 is 2.00 bits per heavy atom. The van der Waals surface area contributed by atoms with Crippen molar-refractivity contribution in [3.8, 4) is 0 Å². The quantitative estimate of drug-likeness (QED) is 0.759. The van der Waals surface area contributed by atoms with Gasteiger partial charge in [0, 0.05) is 39.0 Å². The van der Waals surface area contributed by atoms with Crippen molar-refractivity contribution < 1.29 is 4.79 Å². The number of carbonyl (C=O) groups excluding carboxylic acids is 1. The number of likely N-dealkylation sites (tertiary alicyclic amines) is 1. The van der Waals surface area contributed by atoms with Crippen LogP contribution in [0.25, 0.3) is 0 Å². The van der Waals surface area contributed by atoms with Crippen LogP contribution in [-0.2, 0) is 11.3 Å². The number of Topliss-reactive ketones (excluding diaryl/α,β-unsaturated/α-hetero) is 1. The average Bonchev–Trinajstić information content (AvgIpc) is 2.33. The van der Waals surface area contributed by atoms with Crippen molar-refractivity contribution in [3.05, 3.63) is 47.7 Å². The maximum Gasteiger partial charge on any atom is 0.174 e. The molecule has 3 nitrogen and oxygen atoms in total. The first kappa shape index (κ1) is 12.8. The molecule has 0 radical (unpaired) electrons. The molecule has 1 heterocycles. The van der Waals surface area contributed by atoms with Crippen molar-refractivity contribution >= 4 is 5.78 Å². The summed E-state index contributed by atoms with van der Waals surface area (Å²) in [5.74, 6) is 0.255. The lowest BCUT2D eigenvalue weighted by molar-refractivity contribution is -0.118. The van der Waals surface area contributed by atoms with Gasteiger partial charge >= 0.3 is 0 Å². The SMILES string of the molecule is CN(C)/C=C1/CCN(Cc2ccccc2)CC1=O. The van der Waals surface area contributed by atoms with Crippen molar-refractivity contribution in [2.75, 3.05) is 27.2 Å². The van der Waals surface area contributed by atoms with Gasteiger partial charge in [-0.2, -0.15) is 0 Å². The zero-order chi connectivity index (χ0) is 13.0. The van der Waals surface area contributed by atoms with Gasteiger partial charge in [0.25, 0.3) is 0 Å². The summed E-state index contributed by atoms with van der Waals surface area (Å²) in [7, 11) is 3.91. The Hall–Kier alpha value is -1.61. The highest BCUT2D eigenvalue weighted by molar-refractivity contribution is 5.97. The van der Waals surface area contributed by atoms with Crippen molar-refractivity contribution in [2.45, 2.75) is 13.0 Å². The van der Waals surface area contributed by atoms with E-state index in [1.165, 1.54) is 5.56 Å². The van der Waals surface area contributed by atoms with Gasteiger partial charge in [-0.25, -0.2) is 0 Å². The first-order chi connectivity index (χ1) is 8.65. The molecule has 1 aromatic rings. The number of hydrogen-bond donors (Lipinski definition) is 0. The molecule has 1 saturated heterocycles. The zero-order valence-electron chi connectivity index (χ0n) is 11.1. The number of piperidine rings is 1. The van der Waals surface area contributed by atoms with Gasteiger partial charge < -0.3 is 4.90 Å². The van der Waals surface area contributed by atoms with E-state index in [1.54, 1.807) is 0 Å². The molecule has 1 aliphatic heterocycles. The largest absolute Gasteiger partial charge is 0.383 e. The smallest absolute Gasteiger partial charge is 0.174 e. The summed E-state index contributed by atoms with van der Waals surface area (Å²) in [6.07, 6.45) is 2.80. The van der Waals surface area contributed by atoms with Crippen molar-refractivity contribution in [3.63, 3.8) is 0 Å². The molecule has 0 N–H and O–H groups in total. The molecule has 18 heavy (non-hydrogen) atoms. The van der Waals surface area contributed by atoms with Crippen LogP contribution in [0.3, 0.4) is 0 Å². The molecule has 0 bridgehead atoms. The highest BCUT2D eigenvalue weighted by atomic mass is 16.1. The van der Waals surface area contributed by atoms with Gasteiger partial charge in [0.15, 0.2) is 5.78 Å². The molecule has 1 aromatic carbocycles. The molecule has 0 aliphatic carbocycles. The van der Waals surface area contributed by atoms with Crippen LogP contribution in [0.5, 0.6) is 0 Å². The zero-order valence-corrected chi connectivity index (χ0v) is 11.1. The molecule has 0 aromatic heterocycles. The molecule has 0 amide bonds. The standard InChI is InChI=1S/C15H20N2O/c1-16(2)11-14-8-9-17(12-15(14)18)10-13-6-4-3-5-7-13/h3-7,11H,8-10,12H2,1-2H3/b14-11-. The molecule has 0 saturated carbocycles. The fourth-order valence-corrected chi connectivity index (χ4v) is 2.23. The second-order valence-electron chi connectivity index (χ2n) is 4.99. The summed E-state index contributed by atoms with van der Waals surface area (Å²) in [6.45, 7) is 2.36. The number of rotatable bonds is 3. The van der Waals surface area contributed by atoms with E-state index < -0.39 is 0 Å². The Morgan fingerprint density at radius 3 is 2.61 bits per heavy atom. The van der Waals surface area contributed by atoms with Crippen molar-refractivity contribution in [1.29, 1.82) is 0 Å². The molecule has 0 unspecified atom stereocenters. The third-order valence-electron chi connectivity index (χ3n) is 3.09. The van der Waals surface area contributed by atoms with Gasteiger partial charge in [-0.1, -0.05) is 30.3 Å². The summed E-state index contributed by atoms with van der Waals surface area (Å²) in [4.78, 5) is 16.2. The highest BCUT2D eigenvalue weighted by Gasteiger charge is 2.21. The van der Waals surface area contributed by atoms with Gasteiger partial charge in [-0.3, -0.25) is 9.69 Å². The van der Waals surface area contributed by atoms with E-state index in [1.807, 2.05) is 43.4 Å². The van der Waals surface area contributed by atoms with Crippen molar-refractivity contribution in [1.82, 2.24) is 9.80 Å².